The molecule has 0 atom stereocenters. The molecule has 0 fully saturated rings. The highest BCUT2D eigenvalue weighted by Gasteiger charge is 2.07. The normalized spacial score (nSPS) is 10.1. The van der Waals surface area contributed by atoms with Crippen molar-refractivity contribution >= 4 is 34.6 Å². The van der Waals surface area contributed by atoms with Gasteiger partial charge in [0.1, 0.15) is 0 Å². The molecule has 0 saturated heterocycles. The van der Waals surface area contributed by atoms with Gasteiger partial charge in [-0.1, -0.05) is 48.5 Å². The Morgan fingerprint density at radius 1 is 0.852 bits per heavy atom. The molecule has 3 aromatic rings. The van der Waals surface area contributed by atoms with Crippen LogP contribution in [0.2, 0.25) is 0 Å². The van der Waals surface area contributed by atoms with Gasteiger partial charge in [0.05, 0.1) is 0 Å². The van der Waals surface area contributed by atoms with Crippen LogP contribution in [0.25, 0.3) is 0 Å². The van der Waals surface area contributed by atoms with Crippen molar-refractivity contribution in [1.82, 2.24) is 5.32 Å². The Bertz CT molecular complexity index is 941. The zero-order valence-electron chi connectivity index (χ0n) is 15.0. The lowest BCUT2D eigenvalue weighted by Gasteiger charge is -2.12. The lowest BCUT2D eigenvalue weighted by atomic mass is 10.1. The summed E-state index contributed by atoms with van der Waals surface area (Å²) in [6.45, 7) is 2.52. The van der Waals surface area contributed by atoms with Crippen LogP contribution in [-0.2, 0) is 6.54 Å². The number of anilines is 2. The van der Waals surface area contributed by atoms with E-state index in [4.69, 9.17) is 12.2 Å². The first-order valence-electron chi connectivity index (χ1n) is 8.67. The minimum Gasteiger partial charge on any atom is -0.348 e. The smallest absolute Gasteiger partial charge is 0.251 e. The lowest BCUT2D eigenvalue weighted by molar-refractivity contribution is 0.0951. The summed E-state index contributed by atoms with van der Waals surface area (Å²) in [4.78, 5) is 12.4. The largest absolute Gasteiger partial charge is 0.348 e. The molecule has 3 N–H and O–H groups in total. The average molecular weight is 375 g/mol. The van der Waals surface area contributed by atoms with Crippen LogP contribution < -0.4 is 16.0 Å². The van der Waals surface area contributed by atoms with Crippen molar-refractivity contribution in [2.24, 2.45) is 0 Å². The van der Waals surface area contributed by atoms with Crippen molar-refractivity contribution in [1.29, 1.82) is 0 Å². The molecular formula is C22H21N3OS. The van der Waals surface area contributed by atoms with E-state index in [1.807, 2.05) is 73.7 Å². The summed E-state index contributed by atoms with van der Waals surface area (Å²) in [7, 11) is 0. The van der Waals surface area contributed by atoms with Crippen LogP contribution >= 0.6 is 12.2 Å². The van der Waals surface area contributed by atoms with Crippen molar-refractivity contribution in [2.45, 2.75) is 13.5 Å². The highest BCUT2D eigenvalue weighted by molar-refractivity contribution is 7.80. The van der Waals surface area contributed by atoms with Gasteiger partial charge in [0, 0.05) is 23.5 Å². The van der Waals surface area contributed by atoms with Gasteiger partial charge in [0.15, 0.2) is 5.11 Å². The molecule has 4 nitrogen and oxygen atoms in total. The molecule has 0 unspecified atom stereocenters. The fraction of sp³-hybridized carbons (Fsp3) is 0.0909. The summed E-state index contributed by atoms with van der Waals surface area (Å²) in [5.41, 5.74) is 4.47. The third-order valence-corrected chi connectivity index (χ3v) is 4.16. The highest BCUT2D eigenvalue weighted by atomic mass is 32.1. The minimum atomic E-state index is -0.125. The Balaban J connectivity index is 1.59. The maximum absolute atomic E-state index is 12.4. The molecule has 136 valence electrons. The molecule has 5 heteroatoms. The van der Waals surface area contributed by atoms with Gasteiger partial charge in [-0.2, -0.15) is 0 Å². The van der Waals surface area contributed by atoms with E-state index in [0.717, 1.165) is 22.5 Å². The Morgan fingerprint density at radius 2 is 1.52 bits per heavy atom. The second-order valence-electron chi connectivity index (χ2n) is 6.20. The van der Waals surface area contributed by atoms with E-state index in [1.54, 1.807) is 12.1 Å². The Kier molecular flexibility index (Phi) is 6.18. The highest BCUT2D eigenvalue weighted by Crippen LogP contribution is 2.13. The standard InChI is InChI=1S/C22H21N3OS/c1-16-7-5-11-19(13-16)24-22(27)25-20-12-6-10-18(14-20)21(26)23-15-17-8-3-2-4-9-17/h2-14H,15H2,1H3,(H,23,26)(H2,24,25,27). The van der Waals surface area contributed by atoms with Gasteiger partial charge in [0.25, 0.3) is 5.91 Å². The predicted molar refractivity (Wildman–Crippen MR) is 115 cm³/mol. The van der Waals surface area contributed by atoms with E-state index in [9.17, 15) is 4.79 Å². The molecule has 0 bridgehead atoms. The Hall–Kier alpha value is -3.18. The Labute approximate surface area is 164 Å². The van der Waals surface area contributed by atoms with Crippen molar-refractivity contribution in [3.63, 3.8) is 0 Å². The fourth-order valence-corrected chi connectivity index (χ4v) is 2.87. The molecule has 0 aromatic heterocycles. The van der Waals surface area contributed by atoms with Gasteiger partial charge >= 0.3 is 0 Å². The van der Waals surface area contributed by atoms with Gasteiger partial charge in [-0.25, -0.2) is 0 Å². The van der Waals surface area contributed by atoms with Crippen LogP contribution in [-0.4, -0.2) is 11.0 Å². The molecular weight excluding hydrogens is 354 g/mol. The quantitative estimate of drug-likeness (QED) is 0.564. The van der Waals surface area contributed by atoms with E-state index in [1.165, 1.54) is 0 Å². The summed E-state index contributed by atoms with van der Waals surface area (Å²) >= 11 is 5.36. The first kappa shape index (κ1) is 18.6. The number of nitrogens with one attached hydrogen (secondary N) is 3. The lowest BCUT2D eigenvalue weighted by Crippen LogP contribution is -2.23. The molecule has 27 heavy (non-hydrogen) atoms. The molecule has 0 aliphatic heterocycles. The van der Waals surface area contributed by atoms with E-state index < -0.39 is 0 Å². The molecule has 0 aliphatic rings. The number of aryl methyl sites for hydroxylation is 1. The van der Waals surface area contributed by atoms with E-state index >= 15 is 0 Å². The second kappa shape index (κ2) is 8.96. The van der Waals surface area contributed by atoms with Crippen LogP contribution in [0.5, 0.6) is 0 Å². The number of hydrogen-bond donors (Lipinski definition) is 3. The van der Waals surface area contributed by atoms with E-state index in [0.29, 0.717) is 17.2 Å². The summed E-state index contributed by atoms with van der Waals surface area (Å²) in [6, 6.07) is 25.0. The number of amides is 1. The molecule has 0 spiro atoms. The summed E-state index contributed by atoms with van der Waals surface area (Å²) < 4.78 is 0. The predicted octanol–water partition coefficient (Wildman–Crippen LogP) is 4.73. The zero-order chi connectivity index (χ0) is 19.1. The number of carbonyl (C=O) groups is 1. The number of benzene rings is 3. The minimum absolute atomic E-state index is 0.125. The van der Waals surface area contributed by atoms with Crippen LogP contribution in [0.15, 0.2) is 78.9 Å². The number of carbonyl (C=O) groups excluding carboxylic acids is 1. The van der Waals surface area contributed by atoms with Crippen LogP contribution in [0.4, 0.5) is 11.4 Å². The van der Waals surface area contributed by atoms with Crippen molar-refractivity contribution in [2.75, 3.05) is 10.6 Å². The maximum atomic E-state index is 12.4. The molecule has 3 rings (SSSR count). The molecule has 0 aliphatic carbocycles. The zero-order valence-corrected chi connectivity index (χ0v) is 15.8. The summed E-state index contributed by atoms with van der Waals surface area (Å²) in [5, 5.41) is 9.67. The SMILES string of the molecule is Cc1cccc(NC(=S)Nc2cccc(C(=O)NCc3ccccc3)c2)c1. The van der Waals surface area contributed by atoms with Gasteiger partial charge < -0.3 is 16.0 Å². The molecule has 1 amide bonds. The first-order chi connectivity index (χ1) is 13.1. The Morgan fingerprint density at radius 3 is 2.22 bits per heavy atom. The third-order valence-electron chi connectivity index (χ3n) is 3.95. The van der Waals surface area contributed by atoms with Crippen molar-refractivity contribution in [3.05, 3.63) is 95.6 Å². The molecule has 3 aromatic carbocycles. The first-order valence-corrected chi connectivity index (χ1v) is 9.08. The van der Waals surface area contributed by atoms with Crippen molar-refractivity contribution < 1.29 is 4.79 Å². The third kappa shape index (κ3) is 5.66. The van der Waals surface area contributed by atoms with Gasteiger partial charge in [0.2, 0.25) is 0 Å². The van der Waals surface area contributed by atoms with Gasteiger partial charge in [-0.05, 0) is 60.6 Å². The molecule has 0 saturated carbocycles. The number of rotatable bonds is 5. The molecule has 0 radical (unpaired) electrons. The maximum Gasteiger partial charge on any atom is 0.251 e. The van der Waals surface area contributed by atoms with E-state index in [-0.39, 0.29) is 5.91 Å². The number of thiocarbonyl (C=S) groups is 1. The van der Waals surface area contributed by atoms with Gasteiger partial charge in [-0.15, -0.1) is 0 Å². The van der Waals surface area contributed by atoms with Crippen LogP contribution in [0.1, 0.15) is 21.5 Å². The monoisotopic (exact) mass is 375 g/mol. The van der Waals surface area contributed by atoms with Crippen molar-refractivity contribution in [3.8, 4) is 0 Å². The molecule has 0 heterocycles. The topological polar surface area (TPSA) is 53.2 Å². The summed E-state index contributed by atoms with van der Waals surface area (Å²) in [6.07, 6.45) is 0. The number of hydrogen-bond acceptors (Lipinski definition) is 2. The van der Waals surface area contributed by atoms with Crippen LogP contribution in [0.3, 0.4) is 0 Å². The average Bonchev–Trinajstić information content (AvgIpc) is 2.67. The van der Waals surface area contributed by atoms with E-state index in [2.05, 4.69) is 16.0 Å². The van der Waals surface area contributed by atoms with Crippen LogP contribution in [0, 0.1) is 6.92 Å². The fourth-order valence-electron chi connectivity index (χ4n) is 2.63. The van der Waals surface area contributed by atoms with Gasteiger partial charge in [-0.3, -0.25) is 4.79 Å². The second-order valence-corrected chi connectivity index (χ2v) is 6.61. The summed E-state index contributed by atoms with van der Waals surface area (Å²) in [5.74, 6) is -0.125.